The Morgan fingerprint density at radius 1 is 1.28 bits per heavy atom. The number of para-hydroxylation sites is 1. The molecule has 1 heterocycles. The largest absolute Gasteiger partial charge is 0.384 e. The van der Waals surface area contributed by atoms with Gasteiger partial charge in [-0.05, 0) is 11.6 Å². The van der Waals surface area contributed by atoms with Crippen LogP contribution in [-0.2, 0) is 4.79 Å². The summed E-state index contributed by atoms with van der Waals surface area (Å²) in [6.07, 6.45) is 0. The molecule has 1 aromatic carbocycles. The topological polar surface area (TPSA) is 96.2 Å². The SMILES string of the molecule is NC(=O)NCCNC(=O)C1CNc2ccccc21. The summed E-state index contributed by atoms with van der Waals surface area (Å²) in [5.41, 5.74) is 6.94. The molecule has 0 saturated heterocycles. The van der Waals surface area contributed by atoms with Gasteiger partial charge in [-0.25, -0.2) is 4.79 Å². The highest BCUT2D eigenvalue weighted by Gasteiger charge is 2.27. The summed E-state index contributed by atoms with van der Waals surface area (Å²) in [6.45, 7) is 1.32. The van der Waals surface area contributed by atoms with Crippen LogP contribution in [0, 0.1) is 0 Å². The molecule has 0 aromatic heterocycles. The van der Waals surface area contributed by atoms with Crippen LogP contribution in [0.5, 0.6) is 0 Å². The van der Waals surface area contributed by atoms with Crippen LogP contribution in [0.3, 0.4) is 0 Å². The Morgan fingerprint density at radius 3 is 2.78 bits per heavy atom. The molecule has 3 amide bonds. The maximum Gasteiger partial charge on any atom is 0.312 e. The van der Waals surface area contributed by atoms with Gasteiger partial charge in [0.05, 0.1) is 5.92 Å². The molecule has 0 radical (unpaired) electrons. The highest BCUT2D eigenvalue weighted by atomic mass is 16.2. The molecule has 1 unspecified atom stereocenters. The van der Waals surface area contributed by atoms with Crippen molar-refractivity contribution in [3.63, 3.8) is 0 Å². The van der Waals surface area contributed by atoms with Gasteiger partial charge in [0.15, 0.2) is 0 Å². The van der Waals surface area contributed by atoms with E-state index in [1.54, 1.807) is 0 Å². The Hall–Kier alpha value is -2.24. The first-order valence-corrected chi connectivity index (χ1v) is 5.82. The molecule has 0 aliphatic carbocycles. The molecular formula is C12H16N4O2. The monoisotopic (exact) mass is 248 g/mol. The van der Waals surface area contributed by atoms with Crippen LogP contribution in [0.25, 0.3) is 0 Å². The van der Waals surface area contributed by atoms with E-state index in [4.69, 9.17) is 5.73 Å². The molecule has 1 aromatic rings. The molecule has 1 atom stereocenters. The maximum absolute atomic E-state index is 12.0. The predicted octanol–water partition coefficient (Wildman–Crippen LogP) is -0.0198. The smallest absolute Gasteiger partial charge is 0.312 e. The average Bonchev–Trinajstić information content (AvgIpc) is 2.78. The van der Waals surface area contributed by atoms with Gasteiger partial charge in [-0.3, -0.25) is 4.79 Å². The van der Waals surface area contributed by atoms with Gasteiger partial charge in [0.2, 0.25) is 5.91 Å². The van der Waals surface area contributed by atoms with Crippen molar-refractivity contribution in [2.24, 2.45) is 5.73 Å². The zero-order valence-electron chi connectivity index (χ0n) is 9.90. The van der Waals surface area contributed by atoms with Crippen molar-refractivity contribution >= 4 is 17.6 Å². The number of benzene rings is 1. The van der Waals surface area contributed by atoms with Gasteiger partial charge in [0, 0.05) is 25.3 Å². The van der Waals surface area contributed by atoms with E-state index in [-0.39, 0.29) is 11.8 Å². The number of carbonyl (C=O) groups excluding carboxylic acids is 2. The molecule has 5 N–H and O–H groups in total. The molecule has 6 nitrogen and oxygen atoms in total. The molecule has 0 saturated carbocycles. The number of carbonyl (C=O) groups is 2. The van der Waals surface area contributed by atoms with Crippen molar-refractivity contribution in [3.05, 3.63) is 29.8 Å². The quantitative estimate of drug-likeness (QED) is 0.564. The van der Waals surface area contributed by atoms with E-state index >= 15 is 0 Å². The second-order valence-corrected chi connectivity index (χ2v) is 4.10. The number of urea groups is 1. The summed E-state index contributed by atoms with van der Waals surface area (Å²) in [4.78, 5) is 22.4. The van der Waals surface area contributed by atoms with Gasteiger partial charge < -0.3 is 21.7 Å². The van der Waals surface area contributed by atoms with Crippen molar-refractivity contribution in [2.75, 3.05) is 25.0 Å². The lowest BCUT2D eigenvalue weighted by Gasteiger charge is -2.11. The number of nitrogens with two attached hydrogens (primary N) is 1. The van der Waals surface area contributed by atoms with E-state index in [0.717, 1.165) is 11.3 Å². The second kappa shape index (κ2) is 5.39. The van der Waals surface area contributed by atoms with E-state index in [9.17, 15) is 9.59 Å². The van der Waals surface area contributed by atoms with Crippen LogP contribution >= 0.6 is 0 Å². The first kappa shape index (κ1) is 12.2. The van der Waals surface area contributed by atoms with Crippen molar-refractivity contribution in [1.82, 2.24) is 10.6 Å². The first-order valence-electron chi connectivity index (χ1n) is 5.82. The third-order valence-electron chi connectivity index (χ3n) is 2.87. The highest BCUT2D eigenvalue weighted by molar-refractivity contribution is 5.88. The maximum atomic E-state index is 12.0. The molecule has 6 heteroatoms. The predicted molar refractivity (Wildman–Crippen MR) is 68.3 cm³/mol. The molecule has 1 aliphatic heterocycles. The molecular weight excluding hydrogens is 232 g/mol. The van der Waals surface area contributed by atoms with Gasteiger partial charge in [0.25, 0.3) is 0 Å². The normalized spacial score (nSPS) is 16.6. The number of rotatable bonds is 4. The Kier molecular flexibility index (Phi) is 3.66. The van der Waals surface area contributed by atoms with Gasteiger partial charge in [-0.15, -0.1) is 0 Å². The molecule has 18 heavy (non-hydrogen) atoms. The van der Waals surface area contributed by atoms with Crippen LogP contribution in [0.15, 0.2) is 24.3 Å². The molecule has 1 aliphatic rings. The fraction of sp³-hybridized carbons (Fsp3) is 0.333. The van der Waals surface area contributed by atoms with Crippen LogP contribution in [0.1, 0.15) is 11.5 Å². The number of nitrogens with one attached hydrogen (secondary N) is 3. The number of hydrogen-bond donors (Lipinski definition) is 4. The highest BCUT2D eigenvalue weighted by Crippen LogP contribution is 2.30. The van der Waals surface area contributed by atoms with Crippen LogP contribution < -0.4 is 21.7 Å². The van der Waals surface area contributed by atoms with E-state index < -0.39 is 6.03 Å². The summed E-state index contributed by atoms with van der Waals surface area (Å²) < 4.78 is 0. The standard InChI is InChI=1S/C12H16N4O2/c13-12(18)15-6-5-14-11(17)9-7-16-10-4-2-1-3-8(9)10/h1-4,9,16H,5-7H2,(H,14,17)(H3,13,15,18). The minimum Gasteiger partial charge on any atom is -0.384 e. The molecule has 96 valence electrons. The fourth-order valence-electron chi connectivity index (χ4n) is 2.01. The molecule has 0 spiro atoms. The minimum absolute atomic E-state index is 0.0429. The number of primary amides is 1. The molecule has 0 fully saturated rings. The van der Waals surface area contributed by atoms with E-state index in [0.29, 0.717) is 19.6 Å². The van der Waals surface area contributed by atoms with Gasteiger partial charge in [-0.2, -0.15) is 0 Å². The van der Waals surface area contributed by atoms with Crippen molar-refractivity contribution < 1.29 is 9.59 Å². The van der Waals surface area contributed by atoms with Crippen LogP contribution in [0.2, 0.25) is 0 Å². The van der Waals surface area contributed by atoms with E-state index in [1.165, 1.54) is 0 Å². The molecule has 2 rings (SSSR count). The summed E-state index contributed by atoms with van der Waals surface area (Å²) >= 11 is 0. The minimum atomic E-state index is -0.586. The van der Waals surface area contributed by atoms with Gasteiger partial charge in [-0.1, -0.05) is 18.2 Å². The number of fused-ring (bicyclic) bond motifs is 1. The van der Waals surface area contributed by atoms with Crippen molar-refractivity contribution in [2.45, 2.75) is 5.92 Å². The zero-order valence-corrected chi connectivity index (χ0v) is 9.90. The molecule has 0 bridgehead atoms. The third kappa shape index (κ3) is 2.71. The summed E-state index contributed by atoms with van der Waals surface area (Å²) in [7, 11) is 0. The fourth-order valence-corrected chi connectivity index (χ4v) is 2.01. The summed E-state index contributed by atoms with van der Waals surface area (Å²) in [5, 5.41) is 8.38. The lowest BCUT2D eigenvalue weighted by molar-refractivity contribution is -0.122. The van der Waals surface area contributed by atoms with Crippen molar-refractivity contribution in [3.8, 4) is 0 Å². The average molecular weight is 248 g/mol. The number of anilines is 1. The van der Waals surface area contributed by atoms with Crippen LogP contribution in [-0.4, -0.2) is 31.6 Å². The van der Waals surface area contributed by atoms with E-state index in [2.05, 4.69) is 16.0 Å². The van der Waals surface area contributed by atoms with Gasteiger partial charge >= 0.3 is 6.03 Å². The Balaban J connectivity index is 1.86. The second-order valence-electron chi connectivity index (χ2n) is 4.10. The summed E-state index contributed by atoms with van der Waals surface area (Å²) in [5.74, 6) is -0.214. The first-order chi connectivity index (χ1) is 8.68. The zero-order chi connectivity index (χ0) is 13.0. The van der Waals surface area contributed by atoms with E-state index in [1.807, 2.05) is 24.3 Å². The van der Waals surface area contributed by atoms with Crippen LogP contribution in [0.4, 0.5) is 10.5 Å². The number of hydrogen-bond acceptors (Lipinski definition) is 3. The Morgan fingerprint density at radius 2 is 2.00 bits per heavy atom. The summed E-state index contributed by atoms with van der Waals surface area (Å²) in [6, 6.07) is 7.17. The number of amides is 3. The lowest BCUT2D eigenvalue weighted by Crippen LogP contribution is -2.39. The lowest BCUT2D eigenvalue weighted by atomic mass is 10.0. The Bertz CT molecular complexity index is 461. The van der Waals surface area contributed by atoms with Crippen molar-refractivity contribution in [1.29, 1.82) is 0 Å². The third-order valence-corrected chi connectivity index (χ3v) is 2.87. The Labute approximate surface area is 105 Å². The van der Waals surface area contributed by atoms with Gasteiger partial charge in [0.1, 0.15) is 0 Å².